The largest absolute Gasteiger partial charge is 0.356 e. The number of aliphatic imine (C=N–C) groups is 1. The fourth-order valence-corrected chi connectivity index (χ4v) is 2.89. The van der Waals surface area contributed by atoms with Gasteiger partial charge in [0, 0.05) is 32.7 Å². The highest BCUT2D eigenvalue weighted by molar-refractivity contribution is 14.0. The van der Waals surface area contributed by atoms with Crippen LogP contribution in [0.15, 0.2) is 4.99 Å². The third kappa shape index (κ3) is 6.29. The minimum atomic E-state index is 0. The van der Waals surface area contributed by atoms with Gasteiger partial charge in [-0.05, 0) is 37.6 Å². The van der Waals surface area contributed by atoms with E-state index in [9.17, 15) is 0 Å². The van der Waals surface area contributed by atoms with Gasteiger partial charge in [0.25, 0.3) is 0 Å². The molecule has 1 unspecified atom stereocenters. The average Bonchev–Trinajstić information content (AvgIpc) is 2.37. The number of likely N-dealkylation sites (tertiary alicyclic amines) is 1. The molecule has 2 aliphatic rings. The summed E-state index contributed by atoms with van der Waals surface area (Å²) in [7, 11) is 0. The van der Waals surface area contributed by atoms with Crippen molar-refractivity contribution in [2.24, 2.45) is 16.8 Å². The molecule has 0 aliphatic carbocycles. The number of rotatable bonds is 4. The van der Waals surface area contributed by atoms with E-state index < -0.39 is 0 Å². The van der Waals surface area contributed by atoms with Crippen molar-refractivity contribution < 1.29 is 0 Å². The molecule has 1 atom stereocenters. The zero-order valence-corrected chi connectivity index (χ0v) is 14.7. The molecule has 2 aliphatic heterocycles. The van der Waals surface area contributed by atoms with Gasteiger partial charge in [-0.3, -0.25) is 4.99 Å². The maximum Gasteiger partial charge on any atom is 0.191 e. The van der Waals surface area contributed by atoms with Gasteiger partial charge in [0.15, 0.2) is 5.96 Å². The lowest BCUT2D eigenvalue weighted by molar-refractivity contribution is 0.159. The first kappa shape index (κ1) is 17.0. The second-order valence-corrected chi connectivity index (χ2v) is 6.05. The van der Waals surface area contributed by atoms with Gasteiger partial charge in [0.2, 0.25) is 0 Å². The second kappa shape index (κ2) is 9.00. The van der Waals surface area contributed by atoms with Crippen LogP contribution in [0.2, 0.25) is 0 Å². The normalized spacial score (nSPS) is 24.4. The summed E-state index contributed by atoms with van der Waals surface area (Å²) in [5, 5.41) is 6.80. The lowest BCUT2D eigenvalue weighted by Gasteiger charge is -2.34. The van der Waals surface area contributed by atoms with Crippen LogP contribution in [0.4, 0.5) is 0 Å². The van der Waals surface area contributed by atoms with Gasteiger partial charge in [-0.25, -0.2) is 0 Å². The van der Waals surface area contributed by atoms with Gasteiger partial charge in [-0.15, -0.1) is 24.0 Å². The minimum Gasteiger partial charge on any atom is -0.356 e. The lowest BCUT2D eigenvalue weighted by Crippen LogP contribution is -2.46. The molecule has 0 amide bonds. The first-order valence-corrected chi connectivity index (χ1v) is 7.48. The average molecular weight is 380 g/mol. The number of halogens is 1. The SMILES string of the molecule is CC(C)CN1CCCC(CNC2=NCCCN2)C1.I. The lowest BCUT2D eigenvalue weighted by atomic mass is 9.97. The zero-order chi connectivity index (χ0) is 12.8. The number of hydrogen-bond acceptors (Lipinski definition) is 4. The molecule has 0 saturated carbocycles. The smallest absolute Gasteiger partial charge is 0.191 e. The third-order valence-electron chi connectivity index (χ3n) is 3.68. The van der Waals surface area contributed by atoms with E-state index in [1.54, 1.807) is 0 Å². The number of guanidine groups is 1. The van der Waals surface area contributed by atoms with Gasteiger partial charge < -0.3 is 15.5 Å². The Kier molecular flexibility index (Phi) is 8.06. The minimum absolute atomic E-state index is 0. The Labute approximate surface area is 134 Å². The Hall–Kier alpha value is -0.0400. The van der Waals surface area contributed by atoms with Crippen molar-refractivity contribution in [1.82, 2.24) is 15.5 Å². The van der Waals surface area contributed by atoms with E-state index in [0.717, 1.165) is 43.9 Å². The van der Waals surface area contributed by atoms with Crippen LogP contribution < -0.4 is 10.6 Å². The molecular formula is C14H29IN4. The van der Waals surface area contributed by atoms with Crippen molar-refractivity contribution >= 4 is 29.9 Å². The van der Waals surface area contributed by atoms with Gasteiger partial charge in [-0.2, -0.15) is 0 Å². The molecular weight excluding hydrogens is 351 g/mol. The zero-order valence-electron chi connectivity index (χ0n) is 12.3. The first-order valence-electron chi connectivity index (χ1n) is 7.48. The molecule has 0 radical (unpaired) electrons. The number of nitrogens with zero attached hydrogens (tertiary/aromatic N) is 2. The van der Waals surface area contributed by atoms with E-state index >= 15 is 0 Å². The van der Waals surface area contributed by atoms with Crippen LogP contribution in [0.1, 0.15) is 33.1 Å². The molecule has 2 rings (SSSR count). The van der Waals surface area contributed by atoms with E-state index in [0.29, 0.717) is 0 Å². The summed E-state index contributed by atoms with van der Waals surface area (Å²) in [5.74, 6) is 2.58. The van der Waals surface area contributed by atoms with E-state index in [2.05, 4.69) is 34.4 Å². The van der Waals surface area contributed by atoms with Crippen LogP contribution in [0.3, 0.4) is 0 Å². The predicted molar refractivity (Wildman–Crippen MR) is 92.3 cm³/mol. The van der Waals surface area contributed by atoms with Crippen molar-refractivity contribution in [1.29, 1.82) is 0 Å². The summed E-state index contributed by atoms with van der Waals surface area (Å²) >= 11 is 0. The first-order chi connectivity index (χ1) is 8.74. The fraction of sp³-hybridized carbons (Fsp3) is 0.929. The van der Waals surface area contributed by atoms with Gasteiger partial charge in [0.1, 0.15) is 0 Å². The summed E-state index contributed by atoms with van der Waals surface area (Å²) in [6.07, 6.45) is 3.87. The summed E-state index contributed by atoms with van der Waals surface area (Å²) in [4.78, 5) is 7.08. The molecule has 19 heavy (non-hydrogen) atoms. The van der Waals surface area contributed by atoms with Gasteiger partial charge in [0.05, 0.1) is 0 Å². The van der Waals surface area contributed by atoms with Gasteiger partial charge in [-0.1, -0.05) is 13.8 Å². The van der Waals surface area contributed by atoms with E-state index in [4.69, 9.17) is 0 Å². The molecule has 0 aromatic rings. The van der Waals surface area contributed by atoms with Crippen LogP contribution >= 0.6 is 24.0 Å². The van der Waals surface area contributed by atoms with Crippen molar-refractivity contribution in [3.05, 3.63) is 0 Å². The molecule has 1 saturated heterocycles. The Morgan fingerprint density at radius 2 is 2.26 bits per heavy atom. The fourth-order valence-electron chi connectivity index (χ4n) is 2.89. The van der Waals surface area contributed by atoms with Crippen molar-refractivity contribution in [2.45, 2.75) is 33.1 Å². The molecule has 0 aromatic carbocycles. The molecule has 2 N–H and O–H groups in total. The van der Waals surface area contributed by atoms with E-state index in [-0.39, 0.29) is 24.0 Å². The molecule has 5 heteroatoms. The Bertz CT molecular complexity index is 281. The van der Waals surface area contributed by atoms with Crippen molar-refractivity contribution in [2.75, 3.05) is 39.3 Å². The number of hydrogen-bond donors (Lipinski definition) is 2. The van der Waals surface area contributed by atoms with Crippen LogP contribution in [0.5, 0.6) is 0 Å². The molecule has 0 bridgehead atoms. The molecule has 112 valence electrons. The molecule has 0 aromatic heterocycles. The summed E-state index contributed by atoms with van der Waals surface area (Å²) in [6, 6.07) is 0. The summed E-state index contributed by atoms with van der Waals surface area (Å²) in [6.45, 7) is 11.5. The molecule has 4 nitrogen and oxygen atoms in total. The highest BCUT2D eigenvalue weighted by Crippen LogP contribution is 2.16. The van der Waals surface area contributed by atoms with E-state index in [1.807, 2.05) is 0 Å². The predicted octanol–water partition coefficient (Wildman–Crippen LogP) is 1.91. The highest BCUT2D eigenvalue weighted by Gasteiger charge is 2.20. The van der Waals surface area contributed by atoms with Crippen LogP contribution in [-0.2, 0) is 0 Å². The Balaban J connectivity index is 0.00000180. The van der Waals surface area contributed by atoms with Crippen molar-refractivity contribution in [3.63, 3.8) is 0 Å². The Morgan fingerprint density at radius 1 is 1.42 bits per heavy atom. The summed E-state index contributed by atoms with van der Waals surface area (Å²) < 4.78 is 0. The van der Waals surface area contributed by atoms with Crippen LogP contribution in [0, 0.1) is 11.8 Å². The molecule has 0 spiro atoms. The van der Waals surface area contributed by atoms with E-state index in [1.165, 1.54) is 32.5 Å². The quantitative estimate of drug-likeness (QED) is 0.732. The summed E-state index contributed by atoms with van der Waals surface area (Å²) in [5.41, 5.74) is 0. The Morgan fingerprint density at radius 3 is 2.95 bits per heavy atom. The topological polar surface area (TPSA) is 39.7 Å². The van der Waals surface area contributed by atoms with Crippen LogP contribution in [0.25, 0.3) is 0 Å². The molecule has 1 fully saturated rings. The third-order valence-corrected chi connectivity index (χ3v) is 3.68. The number of piperidine rings is 1. The maximum absolute atomic E-state index is 4.46. The van der Waals surface area contributed by atoms with Crippen LogP contribution in [-0.4, -0.2) is 50.1 Å². The highest BCUT2D eigenvalue weighted by atomic mass is 127. The number of nitrogens with one attached hydrogen (secondary N) is 2. The molecule has 2 heterocycles. The standard InChI is InChI=1S/C14H28N4.HI/c1-12(2)10-18-8-3-5-13(11-18)9-17-14-15-6-4-7-16-14;/h12-13H,3-11H2,1-2H3,(H2,15,16,17);1H. The second-order valence-electron chi connectivity index (χ2n) is 6.05. The van der Waals surface area contributed by atoms with Crippen molar-refractivity contribution in [3.8, 4) is 0 Å². The van der Waals surface area contributed by atoms with Gasteiger partial charge >= 0.3 is 0 Å². The monoisotopic (exact) mass is 380 g/mol. The maximum atomic E-state index is 4.46.